The fourth-order valence-electron chi connectivity index (χ4n) is 4.75. The number of fused-ring (bicyclic) bond motifs is 2. The molecule has 2 heterocycles. The van der Waals surface area contributed by atoms with E-state index in [1.807, 2.05) is 24.3 Å². The molecule has 6 heteroatoms. The Kier molecular flexibility index (Phi) is 5.99. The van der Waals surface area contributed by atoms with Gasteiger partial charge in [0.25, 0.3) is 5.56 Å². The molecule has 1 saturated carbocycles. The van der Waals surface area contributed by atoms with Crippen LogP contribution in [0.5, 0.6) is 0 Å². The molecular weight excluding hydrogens is 412 g/mol. The second kappa shape index (κ2) is 9.22. The van der Waals surface area contributed by atoms with E-state index in [2.05, 4.69) is 41.9 Å². The Balaban J connectivity index is 1.72. The summed E-state index contributed by atoms with van der Waals surface area (Å²) in [4.78, 5) is 27.8. The molecule has 0 spiro atoms. The molecular formula is C27H30N4O2. The first-order chi connectivity index (χ1) is 16.2. The van der Waals surface area contributed by atoms with Gasteiger partial charge in [0.15, 0.2) is 0 Å². The second-order valence-corrected chi connectivity index (χ2v) is 8.71. The van der Waals surface area contributed by atoms with Crippen LogP contribution in [0.15, 0.2) is 62.7 Å². The van der Waals surface area contributed by atoms with Crippen LogP contribution in [0.2, 0.25) is 0 Å². The summed E-state index contributed by atoms with van der Waals surface area (Å²) >= 11 is 0. The van der Waals surface area contributed by atoms with Crippen molar-refractivity contribution in [3.8, 4) is 11.4 Å². The number of aromatic nitrogens is 2. The van der Waals surface area contributed by atoms with E-state index in [9.17, 15) is 4.79 Å². The average Bonchev–Trinajstić information content (AvgIpc) is 2.85. The maximum atomic E-state index is 12.8. The summed E-state index contributed by atoms with van der Waals surface area (Å²) < 4.78 is 6.43. The lowest BCUT2D eigenvalue weighted by molar-refractivity contribution is 0.417. The minimum atomic E-state index is -0.156. The minimum Gasteiger partial charge on any atom is -0.438 e. The van der Waals surface area contributed by atoms with Gasteiger partial charge in [-0.15, -0.1) is 0 Å². The minimum absolute atomic E-state index is 0.156. The predicted molar refractivity (Wildman–Crippen MR) is 134 cm³/mol. The van der Waals surface area contributed by atoms with E-state index in [0.29, 0.717) is 22.3 Å². The molecule has 0 radical (unpaired) electrons. The first-order valence-electron chi connectivity index (χ1n) is 12.0. The number of nitrogens with zero attached hydrogens (tertiary/aromatic N) is 3. The number of H-pyrrole nitrogens is 1. The van der Waals surface area contributed by atoms with Crippen LogP contribution in [-0.2, 0) is 0 Å². The molecule has 6 nitrogen and oxygen atoms in total. The van der Waals surface area contributed by atoms with Gasteiger partial charge in [-0.05, 0) is 57.0 Å². The molecule has 0 atom stereocenters. The molecule has 0 unspecified atom stereocenters. The summed E-state index contributed by atoms with van der Waals surface area (Å²) in [6.07, 6.45) is 5.77. The molecule has 2 aromatic carbocycles. The number of hydrogen-bond donors (Lipinski definition) is 1. The lowest BCUT2D eigenvalue weighted by Gasteiger charge is -2.21. The zero-order valence-electron chi connectivity index (χ0n) is 19.3. The van der Waals surface area contributed by atoms with E-state index >= 15 is 0 Å². The maximum Gasteiger partial charge on any atom is 0.259 e. The first-order valence-corrected chi connectivity index (χ1v) is 12.0. The molecule has 1 fully saturated rings. The van der Waals surface area contributed by atoms with Crippen LogP contribution in [0.4, 0.5) is 5.69 Å². The van der Waals surface area contributed by atoms with Crippen LogP contribution in [0.25, 0.3) is 33.3 Å². The molecule has 170 valence electrons. The normalized spacial score (nSPS) is 15.4. The van der Waals surface area contributed by atoms with Gasteiger partial charge in [-0.2, -0.15) is 0 Å². The van der Waals surface area contributed by atoms with E-state index in [-0.39, 0.29) is 11.6 Å². The van der Waals surface area contributed by atoms with E-state index < -0.39 is 0 Å². The van der Waals surface area contributed by atoms with Crippen molar-refractivity contribution < 1.29 is 4.42 Å². The van der Waals surface area contributed by atoms with Crippen LogP contribution in [0.1, 0.15) is 46.0 Å². The van der Waals surface area contributed by atoms with Crippen LogP contribution in [0, 0.1) is 0 Å². The third kappa shape index (κ3) is 4.30. The third-order valence-corrected chi connectivity index (χ3v) is 6.61. The lowest BCUT2D eigenvalue weighted by atomic mass is 9.96. The molecule has 0 aliphatic heterocycles. The number of nitrogens with one attached hydrogen (secondary N) is 1. The van der Waals surface area contributed by atoms with Crippen molar-refractivity contribution in [3.63, 3.8) is 0 Å². The number of hydrogen-bond acceptors (Lipinski definition) is 5. The summed E-state index contributed by atoms with van der Waals surface area (Å²) in [5.41, 5.74) is 3.70. The zero-order chi connectivity index (χ0) is 22.8. The highest BCUT2D eigenvalue weighted by atomic mass is 16.3. The average molecular weight is 443 g/mol. The van der Waals surface area contributed by atoms with Gasteiger partial charge >= 0.3 is 0 Å². The highest BCUT2D eigenvalue weighted by Crippen LogP contribution is 2.25. The Morgan fingerprint density at radius 1 is 1.06 bits per heavy atom. The molecule has 0 saturated heterocycles. The van der Waals surface area contributed by atoms with Gasteiger partial charge in [-0.1, -0.05) is 31.4 Å². The molecule has 1 N–H and O–H groups in total. The summed E-state index contributed by atoms with van der Waals surface area (Å²) in [6, 6.07) is 15.9. The van der Waals surface area contributed by atoms with Crippen molar-refractivity contribution >= 4 is 27.6 Å². The van der Waals surface area contributed by atoms with Gasteiger partial charge in [-0.3, -0.25) is 4.79 Å². The van der Waals surface area contributed by atoms with Crippen molar-refractivity contribution in [2.75, 3.05) is 18.0 Å². The Morgan fingerprint density at radius 3 is 2.64 bits per heavy atom. The molecule has 1 aliphatic carbocycles. The van der Waals surface area contributed by atoms with Crippen molar-refractivity contribution in [3.05, 3.63) is 64.4 Å². The molecule has 4 aromatic rings. The highest BCUT2D eigenvalue weighted by Gasteiger charge is 2.16. The van der Waals surface area contributed by atoms with Crippen molar-refractivity contribution in [2.24, 2.45) is 4.99 Å². The van der Waals surface area contributed by atoms with E-state index in [1.165, 1.54) is 19.3 Å². The van der Waals surface area contributed by atoms with Crippen molar-refractivity contribution in [1.29, 1.82) is 0 Å². The molecule has 0 amide bonds. The largest absolute Gasteiger partial charge is 0.438 e. The summed E-state index contributed by atoms with van der Waals surface area (Å²) in [5, 5.41) is 1.54. The fraction of sp³-hybridized carbons (Fsp3) is 0.370. The van der Waals surface area contributed by atoms with Gasteiger partial charge in [0, 0.05) is 30.2 Å². The smallest absolute Gasteiger partial charge is 0.259 e. The van der Waals surface area contributed by atoms with Gasteiger partial charge < -0.3 is 14.3 Å². The van der Waals surface area contributed by atoms with Crippen LogP contribution < -0.4 is 16.0 Å². The highest BCUT2D eigenvalue weighted by molar-refractivity contribution is 5.85. The lowest BCUT2D eigenvalue weighted by Crippen LogP contribution is -2.21. The Labute approximate surface area is 193 Å². The van der Waals surface area contributed by atoms with Gasteiger partial charge in [-0.25, -0.2) is 9.98 Å². The van der Waals surface area contributed by atoms with Crippen molar-refractivity contribution in [1.82, 2.24) is 9.97 Å². The molecule has 0 bridgehead atoms. The standard InChI is InChI=1S/C27H30N4O2/c1-3-31(4-2)20-15-14-18-16-22(25-29-23-13-9-8-12-21(23)26(32)30-25)27(33-24(18)17-20)28-19-10-6-5-7-11-19/h8-9,12-17,19H,3-7,10-11H2,1-2H3,(H,29,30,32). The summed E-state index contributed by atoms with van der Waals surface area (Å²) in [7, 11) is 0. The molecule has 1 aliphatic rings. The number of para-hydroxylation sites is 1. The van der Waals surface area contributed by atoms with Crippen LogP contribution >= 0.6 is 0 Å². The summed E-state index contributed by atoms with van der Waals surface area (Å²) in [5.74, 6) is 0.492. The Hall–Kier alpha value is -3.41. The predicted octanol–water partition coefficient (Wildman–Crippen LogP) is 5.42. The number of anilines is 1. The number of aromatic amines is 1. The monoisotopic (exact) mass is 442 g/mol. The van der Waals surface area contributed by atoms with Gasteiger partial charge in [0.2, 0.25) is 5.55 Å². The number of rotatable bonds is 5. The third-order valence-electron chi connectivity index (χ3n) is 6.61. The topological polar surface area (TPSA) is 74.5 Å². The van der Waals surface area contributed by atoms with E-state index in [1.54, 1.807) is 6.07 Å². The van der Waals surface area contributed by atoms with E-state index in [0.717, 1.165) is 48.2 Å². The fourth-order valence-corrected chi connectivity index (χ4v) is 4.75. The van der Waals surface area contributed by atoms with Crippen LogP contribution in [0.3, 0.4) is 0 Å². The Bertz CT molecular complexity index is 1410. The summed E-state index contributed by atoms with van der Waals surface area (Å²) in [6.45, 7) is 6.17. The maximum absolute atomic E-state index is 12.8. The second-order valence-electron chi connectivity index (χ2n) is 8.71. The molecule has 33 heavy (non-hydrogen) atoms. The number of benzene rings is 2. The van der Waals surface area contributed by atoms with Crippen LogP contribution in [-0.4, -0.2) is 29.1 Å². The zero-order valence-corrected chi connectivity index (χ0v) is 19.3. The van der Waals surface area contributed by atoms with E-state index in [4.69, 9.17) is 14.4 Å². The van der Waals surface area contributed by atoms with Gasteiger partial charge in [0.05, 0.1) is 22.5 Å². The quantitative estimate of drug-likeness (QED) is 0.448. The van der Waals surface area contributed by atoms with Crippen molar-refractivity contribution in [2.45, 2.75) is 52.0 Å². The Morgan fingerprint density at radius 2 is 1.85 bits per heavy atom. The first kappa shape index (κ1) is 21.4. The molecule has 2 aromatic heterocycles. The van der Waals surface area contributed by atoms with Gasteiger partial charge in [0.1, 0.15) is 11.4 Å². The SMILES string of the molecule is CCN(CC)c1ccc2cc(-c3nc4ccccc4c(=O)[nH]3)c(=NC3CCCCC3)oc2c1. The molecule has 5 rings (SSSR count).